The third kappa shape index (κ3) is 3.56. The molecule has 0 unspecified atom stereocenters. The van der Waals surface area contributed by atoms with Gasteiger partial charge in [-0.05, 0) is 55.7 Å². The highest BCUT2D eigenvalue weighted by molar-refractivity contribution is 6.01. The lowest BCUT2D eigenvalue weighted by Crippen LogP contribution is -2.25. The molecule has 2 aromatic rings. The largest absolute Gasteiger partial charge is 0.323 e. The molecule has 0 bridgehead atoms. The molecule has 0 radical (unpaired) electrons. The highest BCUT2D eigenvalue weighted by Gasteiger charge is 2.23. The van der Waals surface area contributed by atoms with E-state index in [1.54, 1.807) is 4.90 Å². The van der Waals surface area contributed by atoms with Gasteiger partial charge >= 0.3 is 6.03 Å². The SMILES string of the molecule is Cc1cccc(NC(=O)Nc2ccc(C)c(N3CCCC3=O)c2)c1. The van der Waals surface area contributed by atoms with E-state index >= 15 is 0 Å². The van der Waals surface area contributed by atoms with Gasteiger partial charge in [0.2, 0.25) is 5.91 Å². The number of hydrogen-bond acceptors (Lipinski definition) is 2. The minimum absolute atomic E-state index is 0.138. The molecular weight excluding hydrogens is 302 g/mol. The van der Waals surface area contributed by atoms with Crippen LogP contribution in [0.3, 0.4) is 0 Å². The number of carbonyl (C=O) groups excluding carboxylic acids is 2. The zero-order chi connectivity index (χ0) is 17.1. The molecule has 0 spiro atoms. The van der Waals surface area contributed by atoms with Crippen molar-refractivity contribution in [2.24, 2.45) is 0 Å². The van der Waals surface area contributed by atoms with Crippen molar-refractivity contribution in [1.82, 2.24) is 0 Å². The van der Waals surface area contributed by atoms with Gasteiger partial charge in [-0.3, -0.25) is 4.79 Å². The summed E-state index contributed by atoms with van der Waals surface area (Å²) >= 11 is 0. The average Bonchev–Trinajstić information content (AvgIpc) is 2.95. The van der Waals surface area contributed by atoms with Crippen molar-refractivity contribution in [2.75, 3.05) is 22.1 Å². The van der Waals surface area contributed by atoms with Crippen LogP contribution in [-0.4, -0.2) is 18.5 Å². The second-order valence-electron chi connectivity index (χ2n) is 6.10. The number of nitrogens with one attached hydrogen (secondary N) is 2. The van der Waals surface area contributed by atoms with E-state index in [9.17, 15) is 9.59 Å². The summed E-state index contributed by atoms with van der Waals surface area (Å²) in [5, 5.41) is 5.64. The fourth-order valence-electron chi connectivity index (χ4n) is 2.90. The monoisotopic (exact) mass is 323 g/mol. The first kappa shape index (κ1) is 16.1. The van der Waals surface area contributed by atoms with E-state index in [0.29, 0.717) is 12.1 Å². The summed E-state index contributed by atoms with van der Waals surface area (Å²) in [4.78, 5) is 25.9. The molecule has 2 N–H and O–H groups in total. The zero-order valence-corrected chi connectivity index (χ0v) is 13.9. The molecule has 1 aliphatic rings. The molecule has 3 rings (SSSR count). The number of benzene rings is 2. The van der Waals surface area contributed by atoms with Crippen LogP contribution in [0.2, 0.25) is 0 Å². The maximum absolute atomic E-state index is 12.2. The number of urea groups is 1. The standard InChI is InChI=1S/C19H21N3O2/c1-13-5-3-6-15(11-13)20-19(24)21-16-9-8-14(2)17(12-16)22-10-4-7-18(22)23/h3,5-6,8-9,11-12H,4,7,10H2,1-2H3,(H2,20,21,24). The summed E-state index contributed by atoms with van der Waals surface area (Å²) < 4.78 is 0. The van der Waals surface area contributed by atoms with Crippen molar-refractivity contribution >= 4 is 29.0 Å². The van der Waals surface area contributed by atoms with Crippen LogP contribution in [0.25, 0.3) is 0 Å². The van der Waals surface area contributed by atoms with E-state index in [0.717, 1.165) is 35.5 Å². The smallest absolute Gasteiger partial charge is 0.312 e. The first-order valence-electron chi connectivity index (χ1n) is 8.08. The Morgan fingerprint density at radius 1 is 1.04 bits per heavy atom. The number of nitrogens with zero attached hydrogens (tertiary/aromatic N) is 1. The molecule has 1 aliphatic heterocycles. The Bertz CT molecular complexity index is 786. The van der Waals surface area contributed by atoms with Gasteiger partial charge < -0.3 is 15.5 Å². The highest BCUT2D eigenvalue weighted by Crippen LogP contribution is 2.28. The first-order chi connectivity index (χ1) is 11.5. The van der Waals surface area contributed by atoms with Crippen LogP contribution < -0.4 is 15.5 Å². The van der Waals surface area contributed by atoms with E-state index in [1.807, 2.05) is 56.3 Å². The third-order valence-electron chi connectivity index (χ3n) is 4.11. The van der Waals surface area contributed by atoms with Crippen LogP contribution in [0, 0.1) is 13.8 Å². The van der Waals surface area contributed by atoms with Gasteiger partial charge in [-0.1, -0.05) is 18.2 Å². The Hall–Kier alpha value is -2.82. The van der Waals surface area contributed by atoms with Gasteiger partial charge in [0.15, 0.2) is 0 Å². The second-order valence-corrected chi connectivity index (χ2v) is 6.10. The van der Waals surface area contributed by atoms with Crippen LogP contribution >= 0.6 is 0 Å². The Morgan fingerprint density at radius 3 is 2.46 bits per heavy atom. The summed E-state index contributed by atoms with van der Waals surface area (Å²) in [7, 11) is 0. The van der Waals surface area contributed by atoms with Gasteiger partial charge in [-0.25, -0.2) is 4.79 Å². The summed E-state index contributed by atoms with van der Waals surface area (Å²) in [6, 6.07) is 12.9. The number of hydrogen-bond donors (Lipinski definition) is 2. The maximum atomic E-state index is 12.2. The summed E-state index contributed by atoms with van der Waals surface area (Å²) in [6.45, 7) is 4.68. The lowest BCUT2D eigenvalue weighted by molar-refractivity contribution is -0.117. The minimum atomic E-state index is -0.303. The maximum Gasteiger partial charge on any atom is 0.323 e. The molecule has 24 heavy (non-hydrogen) atoms. The topological polar surface area (TPSA) is 61.4 Å². The number of anilines is 3. The molecule has 0 aliphatic carbocycles. The molecule has 1 fully saturated rings. The minimum Gasteiger partial charge on any atom is -0.312 e. The molecule has 124 valence electrons. The van der Waals surface area contributed by atoms with Crippen LogP contribution in [-0.2, 0) is 4.79 Å². The van der Waals surface area contributed by atoms with Crippen molar-refractivity contribution in [3.63, 3.8) is 0 Å². The second kappa shape index (κ2) is 6.74. The quantitative estimate of drug-likeness (QED) is 0.894. The van der Waals surface area contributed by atoms with Crippen molar-refractivity contribution < 1.29 is 9.59 Å². The molecule has 5 heteroatoms. The summed E-state index contributed by atoms with van der Waals surface area (Å²) in [6.07, 6.45) is 1.47. The van der Waals surface area contributed by atoms with Crippen LogP contribution in [0.15, 0.2) is 42.5 Å². The number of carbonyl (C=O) groups is 2. The molecule has 1 saturated heterocycles. The van der Waals surface area contributed by atoms with Crippen molar-refractivity contribution in [1.29, 1.82) is 0 Å². The predicted molar refractivity (Wildman–Crippen MR) is 96.6 cm³/mol. The Balaban J connectivity index is 1.73. The fourth-order valence-corrected chi connectivity index (χ4v) is 2.90. The average molecular weight is 323 g/mol. The van der Waals surface area contributed by atoms with Gasteiger partial charge in [0.25, 0.3) is 0 Å². The Morgan fingerprint density at radius 2 is 1.79 bits per heavy atom. The third-order valence-corrected chi connectivity index (χ3v) is 4.11. The summed E-state index contributed by atoms with van der Waals surface area (Å²) in [5.41, 5.74) is 4.38. The molecule has 0 atom stereocenters. The summed E-state index contributed by atoms with van der Waals surface area (Å²) in [5.74, 6) is 0.138. The van der Waals surface area contributed by atoms with Gasteiger partial charge in [0.05, 0.1) is 0 Å². The van der Waals surface area contributed by atoms with E-state index < -0.39 is 0 Å². The highest BCUT2D eigenvalue weighted by atomic mass is 16.2. The fraction of sp³-hybridized carbons (Fsp3) is 0.263. The normalized spacial score (nSPS) is 13.9. The van der Waals surface area contributed by atoms with Crippen LogP contribution in [0.5, 0.6) is 0 Å². The number of aryl methyl sites for hydroxylation is 2. The van der Waals surface area contributed by atoms with E-state index in [4.69, 9.17) is 0 Å². The zero-order valence-electron chi connectivity index (χ0n) is 13.9. The predicted octanol–water partition coefficient (Wildman–Crippen LogP) is 4.07. The van der Waals surface area contributed by atoms with Crippen LogP contribution in [0.1, 0.15) is 24.0 Å². The lowest BCUT2D eigenvalue weighted by atomic mass is 10.1. The first-order valence-corrected chi connectivity index (χ1v) is 8.08. The Labute approximate surface area is 141 Å². The lowest BCUT2D eigenvalue weighted by Gasteiger charge is -2.19. The molecule has 3 amide bonds. The van der Waals surface area contributed by atoms with Crippen molar-refractivity contribution in [3.05, 3.63) is 53.6 Å². The molecular formula is C19H21N3O2. The molecule has 1 heterocycles. The van der Waals surface area contributed by atoms with E-state index in [-0.39, 0.29) is 11.9 Å². The number of rotatable bonds is 3. The Kier molecular flexibility index (Phi) is 4.51. The van der Waals surface area contributed by atoms with E-state index in [1.165, 1.54) is 0 Å². The van der Waals surface area contributed by atoms with Crippen LogP contribution in [0.4, 0.5) is 21.9 Å². The van der Waals surface area contributed by atoms with E-state index in [2.05, 4.69) is 10.6 Å². The van der Waals surface area contributed by atoms with Gasteiger partial charge in [-0.2, -0.15) is 0 Å². The van der Waals surface area contributed by atoms with Crippen molar-refractivity contribution in [3.8, 4) is 0 Å². The number of amides is 3. The van der Waals surface area contributed by atoms with Gasteiger partial charge in [-0.15, -0.1) is 0 Å². The molecule has 0 saturated carbocycles. The van der Waals surface area contributed by atoms with Gasteiger partial charge in [0.1, 0.15) is 0 Å². The van der Waals surface area contributed by atoms with Gasteiger partial charge in [0, 0.05) is 30.0 Å². The molecule has 2 aromatic carbocycles. The van der Waals surface area contributed by atoms with Crippen molar-refractivity contribution in [2.45, 2.75) is 26.7 Å². The molecule has 5 nitrogen and oxygen atoms in total. The molecule has 0 aromatic heterocycles.